The summed E-state index contributed by atoms with van der Waals surface area (Å²) in [6.07, 6.45) is -5.31. The molecule has 1 aromatic carbocycles. The second kappa shape index (κ2) is 8.50. The molecular formula is C23H18F3N5O6. The maximum atomic E-state index is 13.6. The number of halogens is 3. The van der Waals surface area contributed by atoms with Crippen LogP contribution in [0.5, 0.6) is 5.75 Å². The molecule has 11 nitrogen and oxygen atoms in total. The summed E-state index contributed by atoms with van der Waals surface area (Å²) in [4.78, 5) is 47.0. The number of nitrogens with zero attached hydrogens (tertiary/aromatic N) is 4. The first-order valence-corrected chi connectivity index (χ1v) is 10.9. The molecular weight excluding hydrogens is 499 g/mol. The van der Waals surface area contributed by atoms with Crippen LogP contribution < -0.4 is 20.6 Å². The van der Waals surface area contributed by atoms with Crippen molar-refractivity contribution in [2.45, 2.75) is 32.2 Å². The van der Waals surface area contributed by atoms with E-state index in [1.54, 1.807) is 26.0 Å². The van der Waals surface area contributed by atoms with Gasteiger partial charge in [0.05, 0.1) is 17.0 Å². The first-order valence-electron chi connectivity index (χ1n) is 10.9. The highest BCUT2D eigenvalue weighted by Gasteiger charge is 2.45. The fraction of sp³-hybridized carbons (Fsp3) is 0.261. The Kier molecular flexibility index (Phi) is 5.53. The van der Waals surface area contributed by atoms with Gasteiger partial charge in [0.2, 0.25) is 6.10 Å². The molecule has 3 aromatic heterocycles. The maximum Gasteiger partial charge on any atom is 0.493 e. The van der Waals surface area contributed by atoms with Crippen LogP contribution in [0.2, 0.25) is 0 Å². The van der Waals surface area contributed by atoms with Crippen molar-refractivity contribution in [1.82, 2.24) is 24.8 Å². The van der Waals surface area contributed by atoms with Gasteiger partial charge in [-0.05, 0) is 38.1 Å². The molecule has 0 bridgehead atoms. The Morgan fingerprint density at radius 3 is 2.51 bits per heavy atom. The number of imidazole rings is 1. The zero-order chi connectivity index (χ0) is 26.6. The smallest absolute Gasteiger partial charge is 0.475 e. The van der Waals surface area contributed by atoms with E-state index >= 15 is 0 Å². The normalized spacial score (nSPS) is 16.9. The molecule has 4 aromatic rings. The first kappa shape index (κ1) is 24.1. The largest absolute Gasteiger partial charge is 0.493 e. The summed E-state index contributed by atoms with van der Waals surface area (Å²) in [5.41, 5.74) is 0.216. The molecule has 1 aliphatic heterocycles. The number of carbonyl (C=O) groups excluding carboxylic acids is 2. The van der Waals surface area contributed by atoms with Crippen molar-refractivity contribution in [3.05, 3.63) is 64.2 Å². The second-order valence-electron chi connectivity index (χ2n) is 8.18. The predicted molar refractivity (Wildman–Crippen MR) is 120 cm³/mol. The zero-order valence-electron chi connectivity index (χ0n) is 19.5. The zero-order valence-corrected chi connectivity index (χ0v) is 19.5. The van der Waals surface area contributed by atoms with Gasteiger partial charge in [0.1, 0.15) is 22.8 Å². The van der Waals surface area contributed by atoms with Gasteiger partial charge in [-0.25, -0.2) is 9.59 Å². The molecule has 2 unspecified atom stereocenters. The molecule has 0 spiro atoms. The summed E-state index contributed by atoms with van der Waals surface area (Å²) < 4.78 is 51.8. The lowest BCUT2D eigenvalue weighted by molar-refractivity contribution is -0.199. The minimum absolute atomic E-state index is 0.00622. The Labute approximate surface area is 205 Å². The molecule has 0 fully saturated rings. The van der Waals surface area contributed by atoms with Crippen LogP contribution in [0.4, 0.5) is 13.2 Å². The summed E-state index contributed by atoms with van der Waals surface area (Å²) in [5, 5.41) is 6.40. The van der Waals surface area contributed by atoms with Crippen LogP contribution in [0.3, 0.4) is 0 Å². The number of amides is 1. The SMILES string of the molecule is CNC(=O)C1Oc2c(-c3c(C)noc3C)ccc3c2n(c(=O)n3OC(=O)C(F)(F)F)C1c1ccccn1. The van der Waals surface area contributed by atoms with Gasteiger partial charge in [-0.2, -0.15) is 13.2 Å². The quantitative estimate of drug-likeness (QED) is 0.436. The van der Waals surface area contributed by atoms with Crippen molar-refractivity contribution in [3.63, 3.8) is 0 Å². The number of alkyl halides is 3. The van der Waals surface area contributed by atoms with E-state index < -0.39 is 35.9 Å². The molecule has 4 heterocycles. The molecule has 37 heavy (non-hydrogen) atoms. The van der Waals surface area contributed by atoms with Crippen LogP contribution in [0, 0.1) is 13.8 Å². The topological polar surface area (TPSA) is 130 Å². The summed E-state index contributed by atoms with van der Waals surface area (Å²) >= 11 is 0. The van der Waals surface area contributed by atoms with Crippen LogP contribution in [-0.2, 0) is 9.59 Å². The highest BCUT2D eigenvalue weighted by Crippen LogP contribution is 2.45. The van der Waals surface area contributed by atoms with E-state index in [1.165, 1.54) is 31.4 Å². The van der Waals surface area contributed by atoms with Crippen molar-refractivity contribution in [2.24, 2.45) is 0 Å². The summed E-state index contributed by atoms with van der Waals surface area (Å²) in [6.45, 7) is 3.31. The van der Waals surface area contributed by atoms with Crippen LogP contribution in [0.25, 0.3) is 22.2 Å². The minimum atomic E-state index is -5.37. The third-order valence-corrected chi connectivity index (χ3v) is 5.96. The molecule has 1 N–H and O–H groups in total. The lowest BCUT2D eigenvalue weighted by Gasteiger charge is -2.32. The standard InChI is InChI=1S/C23H18F3N5O6/c1-10-15(11(2)36-29-10)12-7-8-14-17-18(12)35-19(20(32)27-3)16(13-6-4-5-9-28-13)30(17)22(34)31(14)37-21(33)23(24,25)26/h4-9,16,19H,1-3H3,(H,27,32). The first-order chi connectivity index (χ1) is 17.5. The highest BCUT2D eigenvalue weighted by atomic mass is 19.4. The van der Waals surface area contributed by atoms with E-state index in [0.29, 0.717) is 22.6 Å². The van der Waals surface area contributed by atoms with Gasteiger partial charge < -0.3 is 19.4 Å². The number of hydrogen-bond donors (Lipinski definition) is 1. The number of benzene rings is 1. The fourth-order valence-electron chi connectivity index (χ4n) is 4.42. The van der Waals surface area contributed by atoms with E-state index in [4.69, 9.17) is 9.26 Å². The monoisotopic (exact) mass is 517 g/mol. The Balaban J connectivity index is 1.87. The van der Waals surface area contributed by atoms with Gasteiger partial charge >= 0.3 is 17.8 Å². The van der Waals surface area contributed by atoms with E-state index in [9.17, 15) is 27.6 Å². The van der Waals surface area contributed by atoms with Crippen LogP contribution >= 0.6 is 0 Å². The third kappa shape index (κ3) is 3.72. The van der Waals surface area contributed by atoms with Crippen molar-refractivity contribution in [3.8, 4) is 16.9 Å². The van der Waals surface area contributed by atoms with Gasteiger partial charge in [-0.15, -0.1) is 4.73 Å². The fourth-order valence-corrected chi connectivity index (χ4v) is 4.42. The molecule has 0 saturated heterocycles. The molecule has 0 aliphatic carbocycles. The van der Waals surface area contributed by atoms with Crippen LogP contribution in [0.15, 0.2) is 45.8 Å². The van der Waals surface area contributed by atoms with Crippen molar-refractivity contribution < 1.29 is 36.9 Å². The van der Waals surface area contributed by atoms with Gasteiger partial charge in [-0.1, -0.05) is 11.2 Å². The highest BCUT2D eigenvalue weighted by molar-refractivity contribution is 5.95. The summed E-state index contributed by atoms with van der Waals surface area (Å²) in [7, 11) is 1.37. The van der Waals surface area contributed by atoms with E-state index in [2.05, 4.69) is 20.3 Å². The van der Waals surface area contributed by atoms with E-state index in [1.807, 2.05) is 0 Å². The molecule has 2 atom stereocenters. The number of aryl methyl sites for hydroxylation is 2. The van der Waals surface area contributed by atoms with E-state index in [-0.39, 0.29) is 27.2 Å². The molecule has 192 valence electrons. The van der Waals surface area contributed by atoms with Gasteiger partial charge in [-0.3, -0.25) is 14.3 Å². The molecule has 0 saturated carbocycles. The van der Waals surface area contributed by atoms with Crippen molar-refractivity contribution in [2.75, 3.05) is 7.05 Å². The van der Waals surface area contributed by atoms with Crippen molar-refractivity contribution >= 4 is 22.9 Å². The molecule has 0 radical (unpaired) electrons. The Morgan fingerprint density at radius 1 is 1.16 bits per heavy atom. The summed E-state index contributed by atoms with van der Waals surface area (Å²) in [5.74, 6) is -2.83. The average molecular weight is 517 g/mol. The predicted octanol–water partition coefficient (Wildman–Crippen LogP) is 2.08. The Hall–Kier alpha value is -4.62. The van der Waals surface area contributed by atoms with Gasteiger partial charge in [0.25, 0.3) is 5.91 Å². The lowest BCUT2D eigenvalue weighted by atomic mass is 9.98. The maximum absolute atomic E-state index is 13.6. The average Bonchev–Trinajstić information content (AvgIpc) is 3.35. The number of likely N-dealkylation sites (N-methyl/N-ethyl adjacent to an activating group) is 1. The second-order valence-corrected chi connectivity index (χ2v) is 8.18. The Morgan fingerprint density at radius 2 is 1.92 bits per heavy atom. The van der Waals surface area contributed by atoms with Crippen molar-refractivity contribution in [1.29, 1.82) is 0 Å². The van der Waals surface area contributed by atoms with Gasteiger partial charge in [0, 0.05) is 18.8 Å². The summed E-state index contributed by atoms with van der Waals surface area (Å²) in [6, 6.07) is 6.30. The molecule has 1 amide bonds. The number of carbonyl (C=O) groups is 2. The van der Waals surface area contributed by atoms with Crippen LogP contribution in [0.1, 0.15) is 23.2 Å². The lowest BCUT2D eigenvalue weighted by Crippen LogP contribution is -2.48. The number of pyridine rings is 1. The number of nitrogens with one attached hydrogen (secondary N) is 1. The number of rotatable bonds is 4. The number of ether oxygens (including phenoxy) is 1. The Bertz CT molecular complexity index is 1590. The van der Waals surface area contributed by atoms with Crippen LogP contribution in [-0.4, -0.2) is 50.6 Å². The van der Waals surface area contributed by atoms with E-state index in [0.717, 1.165) is 4.57 Å². The molecule has 1 aliphatic rings. The minimum Gasteiger partial charge on any atom is -0.475 e. The molecule has 5 rings (SSSR count). The number of hydrogen-bond acceptors (Lipinski definition) is 8. The van der Waals surface area contributed by atoms with Gasteiger partial charge in [0.15, 0.2) is 5.75 Å². The third-order valence-electron chi connectivity index (χ3n) is 5.96. The molecule has 14 heteroatoms. The number of aromatic nitrogens is 4.